The fourth-order valence-electron chi connectivity index (χ4n) is 0.771. The number of sulfonamides is 1. The van der Waals surface area contributed by atoms with Gasteiger partial charge < -0.3 is 0 Å². The van der Waals surface area contributed by atoms with E-state index in [0.29, 0.717) is 10.7 Å². The molecule has 0 amide bonds. The van der Waals surface area contributed by atoms with Gasteiger partial charge in [0.1, 0.15) is 0 Å². The van der Waals surface area contributed by atoms with Crippen LogP contribution in [0.25, 0.3) is 0 Å². The lowest BCUT2D eigenvalue weighted by atomic mass is 10.0. The molecule has 86 valence electrons. The Hall–Kier alpha value is 0.870. The van der Waals surface area contributed by atoms with Gasteiger partial charge in [0.25, 0.3) is 0 Å². The van der Waals surface area contributed by atoms with Gasteiger partial charge in [-0.2, -0.15) is 0 Å². The van der Waals surface area contributed by atoms with Crippen molar-refractivity contribution in [3.05, 3.63) is 0 Å². The Morgan fingerprint density at radius 1 is 1.29 bits per heavy atom. The molecule has 0 unspecified atom stereocenters. The zero-order valence-electron chi connectivity index (χ0n) is 8.68. The van der Waals surface area contributed by atoms with Crippen molar-refractivity contribution in [1.82, 2.24) is 4.72 Å². The van der Waals surface area contributed by atoms with E-state index >= 15 is 0 Å². The van der Waals surface area contributed by atoms with Crippen LogP contribution in [0, 0.1) is 0 Å². The van der Waals surface area contributed by atoms with Crippen LogP contribution < -0.4 is 4.72 Å². The van der Waals surface area contributed by atoms with E-state index in [-0.39, 0.29) is 0 Å². The molecule has 0 aliphatic rings. The quantitative estimate of drug-likeness (QED) is 0.747. The van der Waals surface area contributed by atoms with Gasteiger partial charge in [-0.05, 0) is 20.3 Å². The van der Waals surface area contributed by atoms with Crippen molar-refractivity contribution in [3.8, 4) is 0 Å². The molecule has 0 fully saturated rings. The molecule has 0 aliphatic carbocycles. The van der Waals surface area contributed by atoms with Gasteiger partial charge in [-0.3, -0.25) is 0 Å². The Balaban J connectivity index is 4.78. The van der Waals surface area contributed by atoms with E-state index < -0.39 is 20.8 Å². The summed E-state index contributed by atoms with van der Waals surface area (Å²) in [4.78, 5) is 0. The number of hydrogen-bond acceptors (Lipinski definition) is 2. The average molecular weight is 351 g/mol. The molecule has 0 aromatic heterocycles. The lowest BCUT2D eigenvalue weighted by molar-refractivity contribution is 0.456. The summed E-state index contributed by atoms with van der Waals surface area (Å²) in [5.74, 6) is 0. The predicted molar refractivity (Wildman–Crippen MR) is 67.8 cm³/mol. The van der Waals surface area contributed by atoms with Gasteiger partial charge in [0.15, 0.2) is 0 Å². The summed E-state index contributed by atoms with van der Waals surface area (Å²) in [5.41, 5.74) is -0.414. The molecule has 0 aromatic carbocycles. The topological polar surface area (TPSA) is 46.2 Å². The monoisotopic (exact) mass is 349 g/mol. The van der Waals surface area contributed by atoms with Crippen LogP contribution in [-0.2, 0) is 10.0 Å². The summed E-state index contributed by atoms with van der Waals surface area (Å²) in [7, 11) is -3.20. The van der Waals surface area contributed by atoms with E-state index in [9.17, 15) is 8.42 Å². The maximum Gasteiger partial charge on any atom is 0.214 e. The largest absolute Gasteiger partial charge is 0.214 e. The Labute approximate surface area is 103 Å². The van der Waals surface area contributed by atoms with Gasteiger partial charge >= 0.3 is 0 Å². The van der Waals surface area contributed by atoms with Crippen molar-refractivity contribution in [2.24, 2.45) is 0 Å². The summed E-state index contributed by atoms with van der Waals surface area (Å²) in [5, 5.41) is 0.813. The first-order valence-corrected chi connectivity index (χ1v) is 8.27. The zero-order valence-corrected chi connectivity index (χ0v) is 12.7. The maximum absolute atomic E-state index is 11.7. The molecule has 3 nitrogen and oxygen atoms in total. The van der Waals surface area contributed by atoms with Crippen LogP contribution in [0.3, 0.4) is 0 Å². The Morgan fingerprint density at radius 2 is 1.71 bits per heavy atom. The van der Waals surface area contributed by atoms with E-state index in [0.717, 1.165) is 6.42 Å². The molecule has 1 N–H and O–H groups in total. The third kappa shape index (κ3) is 3.79. The standard InChI is InChI=1S/C8H17Br2NO2S/c1-4-8(5-9,6-10)11-14(12,13)7(2)3/h7,11H,4-6H2,1-3H3. The minimum absolute atomic E-state index is 0.397. The fraction of sp³-hybridized carbons (Fsp3) is 1.00. The van der Waals surface area contributed by atoms with Crippen LogP contribution in [0.1, 0.15) is 27.2 Å². The van der Waals surface area contributed by atoms with E-state index in [4.69, 9.17) is 0 Å². The molecular weight excluding hydrogens is 334 g/mol. The SMILES string of the molecule is CCC(CBr)(CBr)NS(=O)(=O)C(C)C. The Morgan fingerprint density at radius 3 is 1.93 bits per heavy atom. The van der Waals surface area contributed by atoms with E-state index in [1.165, 1.54) is 0 Å². The van der Waals surface area contributed by atoms with Gasteiger partial charge in [-0.1, -0.05) is 38.8 Å². The molecule has 0 rings (SSSR count). The summed E-state index contributed by atoms with van der Waals surface area (Å²) in [6.07, 6.45) is 0.745. The van der Waals surface area contributed by atoms with Gasteiger partial charge in [0, 0.05) is 10.7 Å². The smallest absolute Gasteiger partial charge is 0.212 e. The third-order valence-electron chi connectivity index (χ3n) is 2.17. The number of rotatable bonds is 6. The first-order valence-electron chi connectivity index (χ1n) is 4.48. The molecule has 0 bridgehead atoms. The van der Waals surface area contributed by atoms with Crippen molar-refractivity contribution < 1.29 is 8.42 Å². The summed E-state index contributed by atoms with van der Waals surface area (Å²) < 4.78 is 26.1. The van der Waals surface area contributed by atoms with Crippen molar-refractivity contribution in [2.75, 3.05) is 10.7 Å². The first-order chi connectivity index (χ1) is 6.33. The van der Waals surface area contributed by atoms with Crippen molar-refractivity contribution in [2.45, 2.75) is 38.0 Å². The van der Waals surface area contributed by atoms with Crippen LogP contribution in [0.15, 0.2) is 0 Å². The lowest BCUT2D eigenvalue weighted by Gasteiger charge is -2.30. The highest BCUT2D eigenvalue weighted by Crippen LogP contribution is 2.19. The third-order valence-corrected chi connectivity index (χ3v) is 6.27. The molecule has 14 heavy (non-hydrogen) atoms. The summed E-state index contributed by atoms with van der Waals surface area (Å²) >= 11 is 6.68. The van der Waals surface area contributed by atoms with Gasteiger partial charge in [0.05, 0.1) is 10.8 Å². The molecule has 0 spiro atoms. The summed E-state index contributed by atoms with van der Waals surface area (Å²) in [6.45, 7) is 5.31. The molecule has 0 saturated carbocycles. The van der Waals surface area contributed by atoms with Crippen LogP contribution in [0.2, 0.25) is 0 Å². The number of nitrogens with one attached hydrogen (secondary N) is 1. The maximum atomic E-state index is 11.7. The zero-order chi connectivity index (χ0) is 11.4. The van der Waals surface area contributed by atoms with E-state index in [1.54, 1.807) is 13.8 Å². The molecule has 0 saturated heterocycles. The second kappa shape index (κ2) is 5.82. The predicted octanol–water partition coefficient (Wildman–Crippen LogP) is 2.25. The van der Waals surface area contributed by atoms with Gasteiger partial charge in [-0.25, -0.2) is 13.1 Å². The van der Waals surface area contributed by atoms with Gasteiger partial charge in [0.2, 0.25) is 10.0 Å². The van der Waals surface area contributed by atoms with Crippen LogP contribution >= 0.6 is 31.9 Å². The summed E-state index contributed by atoms with van der Waals surface area (Å²) in [6, 6.07) is 0. The van der Waals surface area contributed by atoms with Crippen LogP contribution in [-0.4, -0.2) is 29.9 Å². The average Bonchev–Trinajstić information content (AvgIpc) is 2.14. The molecule has 0 atom stereocenters. The number of hydrogen-bond donors (Lipinski definition) is 1. The second-order valence-electron chi connectivity index (χ2n) is 3.60. The fourth-order valence-corrected chi connectivity index (χ4v) is 4.27. The highest BCUT2D eigenvalue weighted by atomic mass is 79.9. The highest BCUT2D eigenvalue weighted by Gasteiger charge is 2.32. The minimum Gasteiger partial charge on any atom is -0.212 e. The molecule has 0 aliphatic heterocycles. The molecule has 0 heterocycles. The molecular formula is C8H17Br2NO2S. The molecule has 0 radical (unpaired) electrons. The molecule has 0 aromatic rings. The normalized spacial score (nSPS) is 13.6. The van der Waals surface area contributed by atoms with E-state index in [2.05, 4.69) is 36.6 Å². The van der Waals surface area contributed by atoms with Crippen molar-refractivity contribution in [3.63, 3.8) is 0 Å². The lowest BCUT2D eigenvalue weighted by Crippen LogP contribution is -2.52. The molecule has 6 heteroatoms. The second-order valence-corrected chi connectivity index (χ2v) is 6.96. The van der Waals surface area contributed by atoms with Crippen molar-refractivity contribution in [1.29, 1.82) is 0 Å². The van der Waals surface area contributed by atoms with Crippen molar-refractivity contribution >= 4 is 41.9 Å². The first kappa shape index (κ1) is 14.9. The number of halogens is 2. The minimum atomic E-state index is -3.20. The van der Waals surface area contributed by atoms with E-state index in [1.807, 2.05) is 6.92 Å². The Bertz CT molecular complexity index is 252. The van der Waals surface area contributed by atoms with Gasteiger partial charge in [-0.15, -0.1) is 0 Å². The highest BCUT2D eigenvalue weighted by molar-refractivity contribution is 9.09. The Kier molecular flexibility index (Phi) is 6.18. The van der Waals surface area contributed by atoms with Crippen LogP contribution in [0.5, 0.6) is 0 Å². The van der Waals surface area contributed by atoms with Crippen LogP contribution in [0.4, 0.5) is 0 Å². The number of alkyl halides is 2.